The first kappa shape index (κ1) is 10.5. The molecule has 3 unspecified atom stereocenters. The maximum atomic E-state index is 9.28. The van der Waals surface area contributed by atoms with E-state index in [-0.39, 0.29) is 18.6 Å². The van der Waals surface area contributed by atoms with Crippen molar-refractivity contribution in [2.45, 2.75) is 43.9 Å². The first-order valence-electron chi connectivity index (χ1n) is 4.27. The average Bonchev–Trinajstić information content (AvgIpc) is 2.83. The zero-order valence-corrected chi connectivity index (χ0v) is 7.47. The molecule has 1 rings (SSSR count). The van der Waals surface area contributed by atoms with E-state index in [1.54, 1.807) is 5.92 Å². The van der Waals surface area contributed by atoms with Crippen molar-refractivity contribution in [3.05, 3.63) is 0 Å². The van der Waals surface area contributed by atoms with E-state index in [9.17, 15) is 5.11 Å². The Morgan fingerprint density at radius 1 is 1.54 bits per heavy atom. The highest BCUT2D eigenvalue weighted by Gasteiger charge is 2.43. The average molecular weight is 186 g/mol. The molecule has 0 amide bonds. The third-order valence-corrected chi connectivity index (χ3v) is 2.22. The van der Waals surface area contributed by atoms with Crippen LogP contribution in [0.1, 0.15) is 19.8 Å². The van der Waals surface area contributed by atoms with E-state index in [4.69, 9.17) is 21.4 Å². The Balaban J connectivity index is 2.35. The Morgan fingerprint density at radius 2 is 2.15 bits per heavy atom. The number of aliphatic hydroxyl groups is 3. The van der Waals surface area contributed by atoms with E-state index in [0.717, 1.165) is 6.42 Å². The van der Waals surface area contributed by atoms with Gasteiger partial charge in [0.2, 0.25) is 0 Å². The van der Waals surface area contributed by atoms with Crippen LogP contribution in [0.2, 0.25) is 0 Å². The number of terminal acetylenes is 1. The number of hydrogen-bond donors (Lipinski definition) is 3. The summed E-state index contributed by atoms with van der Waals surface area (Å²) in [7, 11) is 0. The molecule has 1 heterocycles. The van der Waals surface area contributed by atoms with Crippen molar-refractivity contribution < 1.29 is 20.1 Å². The van der Waals surface area contributed by atoms with Crippen LogP contribution in [0.4, 0.5) is 0 Å². The summed E-state index contributed by atoms with van der Waals surface area (Å²) in [4.78, 5) is 0. The predicted octanol–water partition coefficient (Wildman–Crippen LogP) is -0.771. The van der Waals surface area contributed by atoms with Gasteiger partial charge in [-0.1, -0.05) is 6.92 Å². The molecule has 0 radical (unpaired) electrons. The van der Waals surface area contributed by atoms with E-state index in [2.05, 4.69) is 0 Å². The van der Waals surface area contributed by atoms with Crippen molar-refractivity contribution in [1.29, 1.82) is 0 Å². The second-order valence-electron chi connectivity index (χ2n) is 3.24. The molecule has 4 nitrogen and oxygen atoms in total. The van der Waals surface area contributed by atoms with Crippen molar-refractivity contribution in [2.75, 3.05) is 0 Å². The number of rotatable bonds is 4. The van der Waals surface area contributed by atoms with Crippen molar-refractivity contribution >= 4 is 0 Å². The molecular formula is C9H14O4. The van der Waals surface area contributed by atoms with Gasteiger partial charge < -0.3 is 20.1 Å². The molecule has 0 bridgehead atoms. The summed E-state index contributed by atoms with van der Waals surface area (Å²) >= 11 is 0. The Labute approximate surface area is 77.1 Å². The Kier molecular flexibility index (Phi) is 2.94. The Bertz CT molecular complexity index is 218. The molecule has 3 N–H and O–H groups in total. The molecule has 0 spiro atoms. The van der Waals surface area contributed by atoms with Gasteiger partial charge in [-0.15, -0.1) is 6.42 Å². The van der Waals surface area contributed by atoms with Crippen LogP contribution in [0.25, 0.3) is 0 Å². The summed E-state index contributed by atoms with van der Waals surface area (Å²) in [6.07, 6.45) is 4.53. The minimum atomic E-state index is -2.44. The van der Waals surface area contributed by atoms with Crippen LogP contribution >= 0.6 is 0 Å². The first-order chi connectivity index (χ1) is 6.01. The van der Waals surface area contributed by atoms with E-state index in [1.807, 2.05) is 6.92 Å². The third-order valence-electron chi connectivity index (χ3n) is 2.22. The fraction of sp³-hybridized carbons (Fsp3) is 0.778. The molecule has 3 atom stereocenters. The molecule has 0 saturated carbocycles. The van der Waals surface area contributed by atoms with Crippen LogP contribution < -0.4 is 0 Å². The molecule has 4 heteroatoms. The number of epoxide rings is 1. The van der Waals surface area contributed by atoms with Crippen LogP contribution in [0.5, 0.6) is 0 Å². The third kappa shape index (κ3) is 2.42. The fourth-order valence-electron chi connectivity index (χ4n) is 1.23. The second-order valence-corrected chi connectivity index (χ2v) is 3.24. The zero-order valence-electron chi connectivity index (χ0n) is 7.47. The summed E-state index contributed by atoms with van der Waals surface area (Å²) in [5, 5.41) is 27.4. The zero-order chi connectivity index (χ0) is 10.1. The van der Waals surface area contributed by atoms with Crippen LogP contribution in [-0.2, 0) is 4.74 Å². The Hall–Kier alpha value is -0.600. The lowest BCUT2D eigenvalue weighted by molar-refractivity contribution is -0.183. The summed E-state index contributed by atoms with van der Waals surface area (Å²) in [6, 6.07) is 0. The van der Waals surface area contributed by atoms with E-state index in [0.29, 0.717) is 0 Å². The van der Waals surface area contributed by atoms with Gasteiger partial charge in [0.25, 0.3) is 5.79 Å². The molecular weight excluding hydrogens is 172 g/mol. The molecule has 0 aromatic heterocycles. The van der Waals surface area contributed by atoms with Crippen molar-refractivity contribution in [1.82, 2.24) is 0 Å². The van der Waals surface area contributed by atoms with E-state index in [1.165, 1.54) is 0 Å². The highest BCUT2D eigenvalue weighted by atomic mass is 16.6. The van der Waals surface area contributed by atoms with Gasteiger partial charge in [-0.3, -0.25) is 0 Å². The largest absolute Gasteiger partial charge is 0.386 e. The van der Waals surface area contributed by atoms with Gasteiger partial charge >= 0.3 is 0 Å². The van der Waals surface area contributed by atoms with E-state index >= 15 is 0 Å². The molecule has 1 aliphatic heterocycles. The molecule has 1 aliphatic rings. The van der Waals surface area contributed by atoms with Crippen molar-refractivity contribution in [3.63, 3.8) is 0 Å². The molecule has 74 valence electrons. The molecule has 1 saturated heterocycles. The number of ether oxygens (including phenoxy) is 1. The van der Waals surface area contributed by atoms with Crippen molar-refractivity contribution in [2.24, 2.45) is 0 Å². The lowest BCUT2D eigenvalue weighted by Gasteiger charge is -2.20. The SMILES string of the molecule is C#CC(O)(O)C(O)CC1OC1CC. The molecule has 0 aromatic carbocycles. The topological polar surface area (TPSA) is 73.2 Å². The van der Waals surface area contributed by atoms with Crippen LogP contribution in [0.15, 0.2) is 0 Å². The quantitative estimate of drug-likeness (QED) is 0.306. The van der Waals surface area contributed by atoms with Gasteiger partial charge in [0.05, 0.1) is 12.2 Å². The first-order valence-corrected chi connectivity index (χ1v) is 4.27. The Morgan fingerprint density at radius 3 is 2.54 bits per heavy atom. The number of hydrogen-bond acceptors (Lipinski definition) is 4. The van der Waals surface area contributed by atoms with Gasteiger partial charge in [0.1, 0.15) is 6.10 Å². The predicted molar refractivity (Wildman–Crippen MR) is 45.6 cm³/mol. The normalized spacial score (nSPS) is 29.5. The fourth-order valence-corrected chi connectivity index (χ4v) is 1.23. The minimum Gasteiger partial charge on any atom is -0.386 e. The van der Waals surface area contributed by atoms with Crippen LogP contribution in [0.3, 0.4) is 0 Å². The lowest BCUT2D eigenvalue weighted by Crippen LogP contribution is -2.41. The minimum absolute atomic E-state index is 0.0907. The standard InChI is InChI=1S/C9H14O4/c1-3-6-7(13-6)5-8(10)9(11,12)4-2/h2,6-8,10-12H,3,5H2,1H3. The van der Waals surface area contributed by atoms with Gasteiger partial charge in [-0.25, -0.2) is 0 Å². The lowest BCUT2D eigenvalue weighted by atomic mass is 10.0. The molecule has 0 aliphatic carbocycles. The highest BCUT2D eigenvalue weighted by Crippen LogP contribution is 2.30. The van der Waals surface area contributed by atoms with Crippen LogP contribution in [0, 0.1) is 12.3 Å². The molecule has 0 aromatic rings. The molecule has 1 fully saturated rings. The van der Waals surface area contributed by atoms with Crippen molar-refractivity contribution in [3.8, 4) is 12.3 Å². The van der Waals surface area contributed by atoms with E-state index < -0.39 is 11.9 Å². The summed E-state index contributed by atoms with van der Waals surface area (Å²) in [5.41, 5.74) is 0. The highest BCUT2D eigenvalue weighted by molar-refractivity contribution is 5.05. The monoisotopic (exact) mass is 186 g/mol. The van der Waals surface area contributed by atoms with Gasteiger partial charge in [-0.05, 0) is 12.3 Å². The maximum Gasteiger partial charge on any atom is 0.255 e. The van der Waals surface area contributed by atoms with Gasteiger partial charge in [-0.2, -0.15) is 0 Å². The second kappa shape index (κ2) is 3.64. The summed E-state index contributed by atoms with van der Waals surface area (Å²) < 4.78 is 5.13. The van der Waals surface area contributed by atoms with Gasteiger partial charge in [0.15, 0.2) is 0 Å². The summed E-state index contributed by atoms with van der Waals surface area (Å²) in [6.45, 7) is 1.96. The van der Waals surface area contributed by atoms with Crippen LogP contribution in [-0.4, -0.2) is 39.4 Å². The van der Waals surface area contributed by atoms with Gasteiger partial charge in [0, 0.05) is 6.42 Å². The molecule has 13 heavy (non-hydrogen) atoms. The smallest absolute Gasteiger partial charge is 0.255 e. The maximum absolute atomic E-state index is 9.28. The summed E-state index contributed by atoms with van der Waals surface area (Å²) in [5.74, 6) is -0.728. The number of aliphatic hydroxyl groups excluding tert-OH is 1.